The number of allylic oxidation sites excluding steroid dienone is 1. The highest BCUT2D eigenvalue weighted by atomic mass is 16.5. The van der Waals surface area contributed by atoms with Crippen LogP contribution < -0.4 is 4.74 Å². The minimum absolute atomic E-state index is 0.0777. The zero-order valence-corrected chi connectivity index (χ0v) is 8.17. The highest BCUT2D eigenvalue weighted by Gasteiger charge is 2.20. The second-order valence-corrected chi connectivity index (χ2v) is 3.46. The van der Waals surface area contributed by atoms with E-state index in [1.165, 1.54) is 0 Å². The van der Waals surface area contributed by atoms with Gasteiger partial charge >= 0.3 is 0 Å². The Morgan fingerprint density at radius 2 is 2.14 bits per heavy atom. The highest BCUT2D eigenvalue weighted by molar-refractivity contribution is 6.10. The van der Waals surface area contributed by atoms with Crippen molar-refractivity contribution in [1.29, 1.82) is 0 Å². The van der Waals surface area contributed by atoms with Gasteiger partial charge < -0.3 is 4.74 Å². The average molecular weight is 188 g/mol. The molecule has 2 nitrogen and oxygen atoms in total. The van der Waals surface area contributed by atoms with Crippen LogP contribution in [0.1, 0.15) is 22.3 Å². The van der Waals surface area contributed by atoms with E-state index in [0.29, 0.717) is 5.57 Å². The van der Waals surface area contributed by atoms with Gasteiger partial charge in [0.05, 0.1) is 7.11 Å². The monoisotopic (exact) mass is 188 g/mol. The molecule has 2 rings (SSSR count). The fourth-order valence-corrected chi connectivity index (χ4v) is 1.71. The van der Waals surface area contributed by atoms with Gasteiger partial charge in [-0.1, -0.05) is 6.58 Å². The Labute approximate surface area is 83.2 Å². The summed E-state index contributed by atoms with van der Waals surface area (Å²) in [5.74, 6) is 0.887. The summed E-state index contributed by atoms with van der Waals surface area (Å²) >= 11 is 0. The summed E-state index contributed by atoms with van der Waals surface area (Å²) in [5, 5.41) is 0. The van der Waals surface area contributed by atoms with Crippen LogP contribution >= 0.6 is 0 Å². The predicted molar refractivity (Wildman–Crippen MR) is 54.8 cm³/mol. The molecule has 0 spiro atoms. The van der Waals surface area contributed by atoms with Crippen LogP contribution in [0, 0.1) is 0 Å². The van der Waals surface area contributed by atoms with E-state index in [2.05, 4.69) is 6.58 Å². The second kappa shape index (κ2) is 3.29. The number of aryl methyl sites for hydroxylation is 1. The predicted octanol–water partition coefficient (Wildman–Crippen LogP) is 2.38. The van der Waals surface area contributed by atoms with Crippen molar-refractivity contribution in [2.24, 2.45) is 0 Å². The van der Waals surface area contributed by atoms with Crippen LogP contribution in [0.4, 0.5) is 0 Å². The molecule has 1 aliphatic carbocycles. The van der Waals surface area contributed by atoms with Gasteiger partial charge in [0.1, 0.15) is 5.75 Å². The molecule has 0 aromatic heterocycles. The summed E-state index contributed by atoms with van der Waals surface area (Å²) in [6.07, 6.45) is 1.65. The minimum Gasteiger partial charge on any atom is -0.497 e. The zero-order valence-electron chi connectivity index (χ0n) is 8.17. The molecule has 1 aromatic carbocycles. The Morgan fingerprint density at radius 1 is 1.36 bits per heavy atom. The number of carbonyl (C=O) groups is 1. The molecule has 1 aromatic rings. The Morgan fingerprint density at radius 3 is 2.86 bits per heavy atom. The summed E-state index contributed by atoms with van der Waals surface area (Å²) in [6, 6.07) is 5.57. The molecule has 1 aliphatic rings. The molecule has 0 saturated carbocycles. The first-order chi connectivity index (χ1) is 6.72. The molecule has 0 amide bonds. The molecule has 2 heteroatoms. The normalized spacial score (nSPS) is 15.2. The Balaban J connectivity index is 2.49. The molecule has 0 atom stereocenters. The van der Waals surface area contributed by atoms with Crippen LogP contribution in [-0.2, 0) is 6.42 Å². The first-order valence-electron chi connectivity index (χ1n) is 4.62. The van der Waals surface area contributed by atoms with Gasteiger partial charge in [-0.3, -0.25) is 4.79 Å². The Kier molecular flexibility index (Phi) is 2.12. The number of rotatable bonds is 1. The standard InChI is InChI=1S/C12H12O2/c1-8-3-4-9-7-10(14-2)5-6-11(9)12(8)13/h5-7H,1,3-4H2,2H3. The summed E-state index contributed by atoms with van der Waals surface area (Å²) < 4.78 is 5.11. The van der Waals surface area contributed by atoms with Crippen LogP contribution in [0.3, 0.4) is 0 Å². The molecule has 0 fully saturated rings. The van der Waals surface area contributed by atoms with Crippen LogP contribution in [0.2, 0.25) is 0 Å². The van der Waals surface area contributed by atoms with Crippen molar-refractivity contribution in [1.82, 2.24) is 0 Å². The maximum Gasteiger partial charge on any atom is 0.188 e. The van der Waals surface area contributed by atoms with Crippen LogP contribution in [-0.4, -0.2) is 12.9 Å². The topological polar surface area (TPSA) is 26.3 Å². The molecule has 0 radical (unpaired) electrons. The molecule has 0 heterocycles. The van der Waals surface area contributed by atoms with E-state index in [1.54, 1.807) is 7.11 Å². The fourth-order valence-electron chi connectivity index (χ4n) is 1.71. The quantitative estimate of drug-likeness (QED) is 0.632. The third kappa shape index (κ3) is 1.33. The molecule has 0 N–H and O–H groups in total. The van der Waals surface area contributed by atoms with Crippen LogP contribution in [0.5, 0.6) is 5.75 Å². The number of benzene rings is 1. The van der Waals surface area contributed by atoms with Gasteiger partial charge in [0.2, 0.25) is 0 Å². The molecule has 0 bridgehead atoms. The van der Waals surface area contributed by atoms with E-state index in [0.717, 1.165) is 29.7 Å². The number of methoxy groups -OCH3 is 1. The first-order valence-corrected chi connectivity index (χ1v) is 4.62. The maximum atomic E-state index is 11.7. The summed E-state index contributed by atoms with van der Waals surface area (Å²) in [4.78, 5) is 11.7. The van der Waals surface area contributed by atoms with E-state index in [4.69, 9.17) is 4.74 Å². The summed E-state index contributed by atoms with van der Waals surface area (Å²) in [6.45, 7) is 3.76. The van der Waals surface area contributed by atoms with Crippen molar-refractivity contribution in [3.63, 3.8) is 0 Å². The number of carbonyl (C=O) groups excluding carboxylic acids is 1. The van der Waals surface area contributed by atoms with E-state index in [9.17, 15) is 4.79 Å². The average Bonchev–Trinajstić information content (AvgIpc) is 2.23. The number of ketones is 1. The molecular formula is C12H12O2. The Bertz CT molecular complexity index is 405. The zero-order chi connectivity index (χ0) is 10.1. The maximum absolute atomic E-state index is 11.7. The lowest BCUT2D eigenvalue weighted by atomic mass is 9.88. The van der Waals surface area contributed by atoms with E-state index in [1.807, 2.05) is 18.2 Å². The smallest absolute Gasteiger partial charge is 0.188 e. The lowest BCUT2D eigenvalue weighted by Gasteiger charge is -2.16. The largest absolute Gasteiger partial charge is 0.497 e. The van der Waals surface area contributed by atoms with Gasteiger partial charge in [0, 0.05) is 5.56 Å². The van der Waals surface area contributed by atoms with E-state index >= 15 is 0 Å². The molecule has 0 unspecified atom stereocenters. The van der Waals surface area contributed by atoms with Crippen LogP contribution in [0.15, 0.2) is 30.4 Å². The van der Waals surface area contributed by atoms with Crippen molar-refractivity contribution >= 4 is 5.78 Å². The fraction of sp³-hybridized carbons (Fsp3) is 0.250. The van der Waals surface area contributed by atoms with Gasteiger partial charge in [0.25, 0.3) is 0 Å². The van der Waals surface area contributed by atoms with Gasteiger partial charge in [-0.25, -0.2) is 0 Å². The number of fused-ring (bicyclic) bond motifs is 1. The lowest BCUT2D eigenvalue weighted by Crippen LogP contribution is -2.13. The van der Waals surface area contributed by atoms with E-state index in [-0.39, 0.29) is 5.78 Å². The van der Waals surface area contributed by atoms with Crippen molar-refractivity contribution < 1.29 is 9.53 Å². The van der Waals surface area contributed by atoms with E-state index < -0.39 is 0 Å². The van der Waals surface area contributed by atoms with Gasteiger partial charge in [-0.2, -0.15) is 0 Å². The van der Waals surface area contributed by atoms with Crippen LogP contribution in [0.25, 0.3) is 0 Å². The first kappa shape index (κ1) is 9.00. The highest BCUT2D eigenvalue weighted by Crippen LogP contribution is 2.27. The summed E-state index contributed by atoms with van der Waals surface area (Å²) in [5.41, 5.74) is 2.56. The van der Waals surface area contributed by atoms with Gasteiger partial charge in [-0.15, -0.1) is 0 Å². The SMILES string of the molecule is C=C1CCc2cc(OC)ccc2C1=O. The lowest BCUT2D eigenvalue weighted by molar-refractivity contribution is 0.102. The summed E-state index contributed by atoms with van der Waals surface area (Å²) in [7, 11) is 1.63. The molecule has 0 saturated heterocycles. The van der Waals surface area contributed by atoms with Crippen molar-refractivity contribution in [3.05, 3.63) is 41.5 Å². The third-order valence-electron chi connectivity index (χ3n) is 2.57. The molecular weight excluding hydrogens is 176 g/mol. The minimum atomic E-state index is 0.0777. The number of hydrogen-bond acceptors (Lipinski definition) is 2. The number of Topliss-reactive ketones (excluding diaryl/α,β-unsaturated/α-hetero) is 1. The third-order valence-corrected chi connectivity index (χ3v) is 2.57. The van der Waals surface area contributed by atoms with Gasteiger partial charge in [0.15, 0.2) is 5.78 Å². The van der Waals surface area contributed by atoms with Crippen molar-refractivity contribution in [3.8, 4) is 5.75 Å². The second-order valence-electron chi connectivity index (χ2n) is 3.46. The van der Waals surface area contributed by atoms with Crippen molar-refractivity contribution in [2.75, 3.05) is 7.11 Å². The van der Waals surface area contributed by atoms with Gasteiger partial charge in [-0.05, 0) is 42.2 Å². The molecule has 14 heavy (non-hydrogen) atoms. The molecule has 72 valence electrons. The Hall–Kier alpha value is -1.57. The van der Waals surface area contributed by atoms with Crippen molar-refractivity contribution in [2.45, 2.75) is 12.8 Å². The molecule has 0 aliphatic heterocycles. The number of hydrogen-bond donors (Lipinski definition) is 0. The number of ether oxygens (including phenoxy) is 1.